The Morgan fingerprint density at radius 1 is 1.00 bits per heavy atom. The number of amides is 3. The highest BCUT2D eigenvalue weighted by Crippen LogP contribution is 2.40. The number of nitrogens with zero attached hydrogens (tertiary/aromatic N) is 1. The lowest BCUT2D eigenvalue weighted by atomic mass is 9.96. The van der Waals surface area contributed by atoms with Crippen molar-refractivity contribution in [3.8, 4) is 0 Å². The molecule has 1 aliphatic rings. The third-order valence-electron chi connectivity index (χ3n) is 7.23. The molecular formula is C31H33F2N3O4S. The molecule has 7 nitrogen and oxygen atoms in total. The summed E-state index contributed by atoms with van der Waals surface area (Å²) in [7, 11) is 0. The van der Waals surface area contributed by atoms with Gasteiger partial charge in [0.15, 0.2) is 6.10 Å². The van der Waals surface area contributed by atoms with Crippen molar-refractivity contribution in [1.29, 1.82) is 0 Å². The number of carbonyl (C=O) groups is 3. The van der Waals surface area contributed by atoms with Gasteiger partial charge in [0.05, 0.1) is 11.9 Å². The van der Waals surface area contributed by atoms with Gasteiger partial charge in [-0.25, -0.2) is 8.78 Å². The van der Waals surface area contributed by atoms with E-state index in [9.17, 15) is 28.3 Å². The van der Waals surface area contributed by atoms with Gasteiger partial charge in [0, 0.05) is 11.3 Å². The number of rotatable bonds is 9. The highest BCUT2D eigenvalue weighted by molar-refractivity contribution is 8.00. The molecule has 216 valence electrons. The molecule has 0 unspecified atom stereocenters. The van der Waals surface area contributed by atoms with Crippen molar-refractivity contribution in [3.63, 3.8) is 0 Å². The summed E-state index contributed by atoms with van der Waals surface area (Å²) in [6.07, 6.45) is -1.79. The Hall–Kier alpha value is -3.76. The average Bonchev–Trinajstić information content (AvgIpc) is 3.26. The summed E-state index contributed by atoms with van der Waals surface area (Å²) < 4.78 is 28.0. The minimum Gasteiger partial charge on any atom is -0.381 e. The fourth-order valence-electron chi connectivity index (χ4n) is 4.91. The molecule has 1 fully saturated rings. The smallest absolute Gasteiger partial charge is 0.257 e. The lowest BCUT2D eigenvalue weighted by Crippen LogP contribution is -2.58. The molecule has 0 bridgehead atoms. The summed E-state index contributed by atoms with van der Waals surface area (Å²) >= 11 is 1.39. The van der Waals surface area contributed by atoms with E-state index in [1.807, 2.05) is 45.0 Å². The van der Waals surface area contributed by atoms with Crippen LogP contribution in [0.15, 0.2) is 72.8 Å². The molecule has 4 rings (SSSR count). The van der Waals surface area contributed by atoms with Crippen molar-refractivity contribution in [2.75, 3.05) is 5.88 Å². The molecule has 3 aromatic carbocycles. The number of hydrogen-bond donors (Lipinski definition) is 3. The van der Waals surface area contributed by atoms with Gasteiger partial charge in [0.25, 0.3) is 11.8 Å². The van der Waals surface area contributed by atoms with Gasteiger partial charge in [-0.3, -0.25) is 14.4 Å². The minimum atomic E-state index is -1.80. The fraction of sp³-hybridized carbons (Fsp3) is 0.323. The summed E-state index contributed by atoms with van der Waals surface area (Å²) in [6.45, 7) is 5.91. The van der Waals surface area contributed by atoms with E-state index >= 15 is 0 Å². The topological polar surface area (TPSA) is 98.7 Å². The molecule has 3 atom stereocenters. The van der Waals surface area contributed by atoms with Crippen molar-refractivity contribution in [1.82, 2.24) is 15.5 Å². The maximum Gasteiger partial charge on any atom is 0.257 e. The predicted molar refractivity (Wildman–Crippen MR) is 154 cm³/mol. The molecule has 0 radical (unpaired) electrons. The minimum absolute atomic E-state index is 0.00405. The molecule has 10 heteroatoms. The summed E-state index contributed by atoms with van der Waals surface area (Å²) in [6, 6.07) is 17.3. The van der Waals surface area contributed by atoms with Gasteiger partial charge < -0.3 is 20.6 Å². The van der Waals surface area contributed by atoms with Crippen molar-refractivity contribution < 1.29 is 28.3 Å². The SMILES string of the molecule is Cc1ccccc1CNC(=O)[C@H]1N(C(=O)[C@@H](O)[C@H](Cc2ccccc2)NC(=O)c2c(F)cccc2F)CSC1(C)C. The summed E-state index contributed by atoms with van der Waals surface area (Å²) in [5, 5.41) is 16.7. The Labute approximate surface area is 242 Å². The zero-order valence-electron chi connectivity index (χ0n) is 23.1. The second kappa shape index (κ2) is 12.8. The summed E-state index contributed by atoms with van der Waals surface area (Å²) in [4.78, 5) is 41.4. The Bertz CT molecular complexity index is 1400. The number of aliphatic hydroxyl groups excluding tert-OH is 1. The standard InChI is InChI=1S/C31H33F2N3O4S/c1-19-10-7-8-13-21(19)17-34-29(39)27-31(2,3)41-18-36(27)30(40)26(37)24(16-20-11-5-4-6-12-20)35-28(38)25-22(32)14-9-15-23(25)33/h4-15,24,26-27,37H,16-18H2,1-3H3,(H,34,39)(H,35,38)/t24-,26-,27+/m0/s1. The van der Waals surface area contributed by atoms with Crippen LogP contribution in [0.1, 0.15) is 40.9 Å². The molecule has 1 saturated heterocycles. The van der Waals surface area contributed by atoms with Crippen LogP contribution in [-0.2, 0) is 22.6 Å². The zero-order chi connectivity index (χ0) is 29.7. The second-order valence-corrected chi connectivity index (χ2v) is 12.1. The lowest BCUT2D eigenvalue weighted by molar-refractivity contribution is -0.147. The maximum absolute atomic E-state index is 14.3. The van der Waals surface area contributed by atoms with E-state index < -0.39 is 51.9 Å². The Morgan fingerprint density at radius 2 is 1.63 bits per heavy atom. The number of thioether (sulfide) groups is 1. The van der Waals surface area contributed by atoms with Gasteiger partial charge in [-0.05, 0) is 56.0 Å². The molecular weight excluding hydrogens is 548 g/mol. The van der Waals surface area contributed by atoms with Gasteiger partial charge in [-0.2, -0.15) is 0 Å². The maximum atomic E-state index is 14.3. The van der Waals surface area contributed by atoms with Crippen molar-refractivity contribution >= 4 is 29.5 Å². The number of benzene rings is 3. The molecule has 1 aliphatic heterocycles. The van der Waals surface area contributed by atoms with E-state index in [1.165, 1.54) is 16.7 Å². The normalized spacial score (nSPS) is 17.5. The first-order valence-corrected chi connectivity index (χ1v) is 14.2. The highest BCUT2D eigenvalue weighted by atomic mass is 32.2. The quantitative estimate of drug-likeness (QED) is 0.355. The van der Waals surface area contributed by atoms with Gasteiger partial charge in [0.1, 0.15) is 23.2 Å². The number of hydrogen-bond acceptors (Lipinski definition) is 5. The molecule has 0 aliphatic carbocycles. The van der Waals surface area contributed by atoms with Crippen LogP contribution < -0.4 is 10.6 Å². The first-order valence-electron chi connectivity index (χ1n) is 13.2. The average molecular weight is 582 g/mol. The number of halogens is 2. The largest absolute Gasteiger partial charge is 0.381 e. The first kappa shape index (κ1) is 30.2. The first-order chi connectivity index (χ1) is 19.5. The van der Waals surface area contributed by atoms with E-state index in [4.69, 9.17) is 0 Å². The molecule has 3 aromatic rings. The van der Waals surface area contributed by atoms with Crippen LogP contribution in [0.2, 0.25) is 0 Å². The summed E-state index contributed by atoms with van der Waals surface area (Å²) in [5.41, 5.74) is 1.83. The predicted octanol–water partition coefficient (Wildman–Crippen LogP) is 3.97. The molecule has 0 saturated carbocycles. The molecule has 41 heavy (non-hydrogen) atoms. The highest BCUT2D eigenvalue weighted by Gasteiger charge is 2.49. The van der Waals surface area contributed by atoms with Crippen LogP contribution in [0.5, 0.6) is 0 Å². The lowest BCUT2D eigenvalue weighted by Gasteiger charge is -2.33. The van der Waals surface area contributed by atoms with Gasteiger partial charge in [-0.15, -0.1) is 11.8 Å². The van der Waals surface area contributed by atoms with Crippen LogP contribution in [0.25, 0.3) is 0 Å². The number of nitrogens with one attached hydrogen (secondary N) is 2. The third-order valence-corrected chi connectivity index (χ3v) is 8.61. The molecule has 0 aromatic heterocycles. The van der Waals surface area contributed by atoms with Crippen LogP contribution >= 0.6 is 11.8 Å². The number of aryl methyl sites for hydroxylation is 1. The molecule has 1 heterocycles. The third kappa shape index (κ3) is 6.94. The second-order valence-electron chi connectivity index (χ2n) is 10.5. The van der Waals surface area contributed by atoms with Crippen LogP contribution in [0.3, 0.4) is 0 Å². The van der Waals surface area contributed by atoms with Crippen molar-refractivity contribution in [3.05, 3.63) is 107 Å². The van der Waals surface area contributed by atoms with E-state index in [-0.39, 0.29) is 24.7 Å². The fourth-order valence-corrected chi connectivity index (χ4v) is 6.05. The Morgan fingerprint density at radius 3 is 2.29 bits per heavy atom. The van der Waals surface area contributed by atoms with E-state index in [0.29, 0.717) is 5.56 Å². The Balaban J connectivity index is 1.57. The molecule has 3 amide bonds. The zero-order valence-corrected chi connectivity index (χ0v) is 23.9. The van der Waals surface area contributed by atoms with E-state index in [2.05, 4.69) is 10.6 Å². The molecule has 3 N–H and O–H groups in total. The van der Waals surface area contributed by atoms with Crippen LogP contribution in [0.4, 0.5) is 8.78 Å². The van der Waals surface area contributed by atoms with Crippen molar-refractivity contribution in [2.45, 2.75) is 56.7 Å². The van der Waals surface area contributed by atoms with Crippen molar-refractivity contribution in [2.24, 2.45) is 0 Å². The van der Waals surface area contributed by atoms with E-state index in [0.717, 1.165) is 29.3 Å². The van der Waals surface area contributed by atoms with Gasteiger partial charge >= 0.3 is 0 Å². The van der Waals surface area contributed by atoms with E-state index in [1.54, 1.807) is 30.3 Å². The number of carbonyl (C=O) groups excluding carboxylic acids is 3. The number of aliphatic hydroxyl groups is 1. The Kier molecular flexibility index (Phi) is 9.45. The monoisotopic (exact) mass is 581 g/mol. The van der Waals surface area contributed by atoms with Crippen LogP contribution in [0, 0.1) is 18.6 Å². The summed E-state index contributed by atoms with van der Waals surface area (Å²) in [5.74, 6) is -4.23. The van der Waals surface area contributed by atoms with Crippen LogP contribution in [-0.4, -0.2) is 56.5 Å². The van der Waals surface area contributed by atoms with Gasteiger partial charge in [0.2, 0.25) is 5.91 Å². The molecule has 0 spiro atoms. The van der Waals surface area contributed by atoms with Gasteiger partial charge in [-0.1, -0.05) is 60.7 Å².